The molecule has 0 amide bonds. The van der Waals surface area contributed by atoms with Crippen LogP contribution in [0.15, 0.2) is 121 Å². The lowest BCUT2D eigenvalue weighted by Gasteiger charge is -2.28. The maximum Gasteiger partial charge on any atom is 0.212 e. The van der Waals surface area contributed by atoms with E-state index in [1.165, 1.54) is 62.8 Å². The second kappa shape index (κ2) is 19.5. The van der Waals surface area contributed by atoms with Crippen LogP contribution in [0.1, 0.15) is 79.1 Å². The molecule has 0 aliphatic heterocycles. The van der Waals surface area contributed by atoms with E-state index in [0.29, 0.717) is 0 Å². The van der Waals surface area contributed by atoms with Crippen molar-refractivity contribution in [1.82, 2.24) is 4.58 Å². The highest BCUT2D eigenvalue weighted by molar-refractivity contribution is 6.18. The maximum absolute atomic E-state index is 6.14. The fourth-order valence-corrected chi connectivity index (χ4v) is 6.65. The van der Waals surface area contributed by atoms with E-state index in [2.05, 4.69) is 144 Å². The highest BCUT2D eigenvalue weighted by Gasteiger charge is 2.23. The number of hydrogen-bond acceptors (Lipinski definition) is 4. The van der Waals surface area contributed by atoms with Gasteiger partial charge in [0.15, 0.2) is 5.71 Å². The van der Waals surface area contributed by atoms with E-state index in [1.54, 1.807) is 0 Å². The zero-order valence-electron chi connectivity index (χ0n) is 32.0. The predicted octanol–water partition coefficient (Wildman–Crippen LogP) is 11.2. The lowest BCUT2D eigenvalue weighted by atomic mass is 10.1. The normalized spacial score (nSPS) is 12.3. The number of anilines is 6. The third-order valence-electron chi connectivity index (χ3n) is 9.74. The first-order valence-electron chi connectivity index (χ1n) is 19.6. The molecule has 6 nitrogen and oxygen atoms in total. The molecule has 0 aromatic heterocycles. The van der Waals surface area contributed by atoms with Crippen LogP contribution in [0.25, 0.3) is 0 Å². The number of benzene rings is 4. The first-order chi connectivity index (χ1) is 25.4. The molecule has 4 N–H and O–H groups in total. The molecule has 6 heteroatoms. The predicted molar refractivity (Wildman–Crippen MR) is 228 cm³/mol. The van der Waals surface area contributed by atoms with Crippen molar-refractivity contribution in [3.63, 3.8) is 0 Å². The van der Waals surface area contributed by atoms with Crippen molar-refractivity contribution in [3.05, 3.63) is 121 Å². The molecule has 4 aromatic carbocycles. The molecule has 4 aromatic rings. The standard InChI is InChI=1S/C46H59N6/c1-5-9-33-49(34-10-6-2)39-21-25-43(26-22-39)51(41-17-13-37(47)14-18-41)45-29-31-46(32-30-45)52(42-19-15-38(48)16-20-42)44-27-23-40(24-28-44)50(35-11-7-3)36-12-8-4/h13-32,47H,5-12,33-36,48H2,1-4H3/q+1/p+1. The van der Waals surface area contributed by atoms with Crippen LogP contribution < -0.4 is 25.8 Å². The molecule has 0 atom stereocenters. The smallest absolute Gasteiger partial charge is 0.212 e. The number of nitrogens with zero attached hydrogens (tertiary/aromatic N) is 4. The average molecular weight is 697 g/mol. The Morgan fingerprint density at radius 1 is 0.442 bits per heavy atom. The Hall–Kier alpha value is -5.10. The van der Waals surface area contributed by atoms with Gasteiger partial charge < -0.3 is 21.3 Å². The van der Waals surface area contributed by atoms with E-state index >= 15 is 0 Å². The van der Waals surface area contributed by atoms with Crippen molar-refractivity contribution in [3.8, 4) is 0 Å². The van der Waals surface area contributed by atoms with Crippen LogP contribution in [-0.4, -0.2) is 42.2 Å². The third kappa shape index (κ3) is 10.0. The fourth-order valence-electron chi connectivity index (χ4n) is 6.65. The molecule has 0 bridgehead atoms. The molecule has 0 saturated carbocycles. The van der Waals surface area contributed by atoms with E-state index < -0.39 is 0 Å². The Morgan fingerprint density at radius 2 is 0.808 bits per heavy atom. The van der Waals surface area contributed by atoms with Crippen LogP contribution in [0, 0.1) is 0 Å². The van der Waals surface area contributed by atoms with Gasteiger partial charge in [0.25, 0.3) is 0 Å². The summed E-state index contributed by atoms with van der Waals surface area (Å²) in [5.74, 6) is 0. The summed E-state index contributed by atoms with van der Waals surface area (Å²) < 4.78 is 4.84. The van der Waals surface area contributed by atoms with Crippen molar-refractivity contribution >= 4 is 56.9 Å². The summed E-state index contributed by atoms with van der Waals surface area (Å²) in [5.41, 5.74) is 22.8. The van der Waals surface area contributed by atoms with Gasteiger partial charge in [-0.1, -0.05) is 53.4 Å². The van der Waals surface area contributed by atoms with Crippen LogP contribution in [0.2, 0.25) is 0 Å². The number of nitrogen functional groups attached to an aromatic ring is 2. The van der Waals surface area contributed by atoms with Gasteiger partial charge in [0, 0.05) is 109 Å². The van der Waals surface area contributed by atoms with E-state index in [-0.39, 0.29) is 0 Å². The first-order valence-corrected chi connectivity index (χ1v) is 19.6. The van der Waals surface area contributed by atoms with Gasteiger partial charge >= 0.3 is 0 Å². The first kappa shape index (κ1) is 38.1. The number of rotatable bonds is 18. The van der Waals surface area contributed by atoms with Gasteiger partial charge in [0.2, 0.25) is 17.1 Å². The van der Waals surface area contributed by atoms with Crippen LogP contribution in [0.3, 0.4) is 0 Å². The second-order valence-electron chi connectivity index (χ2n) is 13.8. The van der Waals surface area contributed by atoms with Crippen molar-refractivity contribution in [1.29, 1.82) is 0 Å². The zero-order chi connectivity index (χ0) is 36.7. The summed E-state index contributed by atoms with van der Waals surface area (Å²) >= 11 is 0. The minimum Gasteiger partial charge on any atom is -0.399 e. The van der Waals surface area contributed by atoms with Crippen LogP contribution in [0.4, 0.5) is 45.5 Å². The Morgan fingerprint density at radius 3 is 1.27 bits per heavy atom. The number of nitrogens with two attached hydrogens (primary N) is 2. The fraction of sp³-hybridized carbons (Fsp3) is 0.348. The summed E-state index contributed by atoms with van der Waals surface area (Å²) in [5, 5.41) is 0. The van der Waals surface area contributed by atoms with Crippen molar-refractivity contribution in [2.75, 3.05) is 47.4 Å². The molecule has 0 fully saturated rings. The highest BCUT2D eigenvalue weighted by atomic mass is 15.2. The zero-order valence-corrected chi connectivity index (χ0v) is 32.0. The monoisotopic (exact) mass is 696 g/mol. The van der Waals surface area contributed by atoms with Crippen LogP contribution >= 0.6 is 0 Å². The molecule has 0 unspecified atom stereocenters. The Bertz CT molecular complexity index is 1780. The van der Waals surface area contributed by atoms with Gasteiger partial charge in [0.05, 0.1) is 0 Å². The van der Waals surface area contributed by atoms with Gasteiger partial charge in [-0.25, -0.2) is 4.58 Å². The van der Waals surface area contributed by atoms with Gasteiger partial charge in [-0.3, -0.25) is 0 Å². The Labute approximate surface area is 313 Å². The summed E-state index contributed by atoms with van der Waals surface area (Å²) in [6.07, 6.45) is 18.6. The lowest BCUT2D eigenvalue weighted by Crippen LogP contribution is -2.25. The van der Waals surface area contributed by atoms with E-state index in [9.17, 15) is 0 Å². The SMILES string of the molecule is CCCCN(CCCC)c1ccc(N(c2ccc(N)cc2)c2ccc([N+](=C3C=CC(=[N+](CCCC)CCCC)C=C3)c3ccc(N)cc3)cc2)cc1. The summed E-state index contributed by atoms with van der Waals surface area (Å²) in [4.78, 5) is 4.84. The molecule has 52 heavy (non-hydrogen) atoms. The number of hydrogen-bond donors (Lipinski definition) is 2. The summed E-state index contributed by atoms with van der Waals surface area (Å²) in [6, 6.07) is 34.2. The molecule has 5 rings (SSSR count). The lowest BCUT2D eigenvalue weighted by molar-refractivity contribution is -0.527. The topological polar surface area (TPSA) is 64.5 Å². The van der Waals surface area contributed by atoms with Crippen LogP contribution in [-0.2, 0) is 0 Å². The number of allylic oxidation sites excluding steroid dienone is 4. The summed E-state index contributed by atoms with van der Waals surface area (Å²) in [7, 11) is 0. The second-order valence-corrected chi connectivity index (χ2v) is 13.8. The largest absolute Gasteiger partial charge is 0.399 e. The van der Waals surface area contributed by atoms with Crippen molar-refractivity contribution < 1.29 is 4.58 Å². The van der Waals surface area contributed by atoms with Crippen molar-refractivity contribution in [2.45, 2.75) is 79.1 Å². The van der Waals surface area contributed by atoms with Gasteiger partial charge in [-0.05, 0) is 85.6 Å². The van der Waals surface area contributed by atoms with E-state index in [1.807, 2.05) is 24.3 Å². The quantitative estimate of drug-likeness (QED) is 0.0617. The molecule has 1 aliphatic carbocycles. The maximum atomic E-state index is 6.14. The molecular formula is C46H60N6+2. The van der Waals surface area contributed by atoms with Crippen molar-refractivity contribution in [2.24, 2.45) is 0 Å². The van der Waals surface area contributed by atoms with Gasteiger partial charge in [-0.15, -0.1) is 0 Å². The Balaban J connectivity index is 1.53. The molecule has 0 heterocycles. The molecule has 1 aliphatic rings. The highest BCUT2D eigenvalue weighted by Crippen LogP contribution is 2.37. The van der Waals surface area contributed by atoms with Gasteiger partial charge in [-0.2, -0.15) is 4.58 Å². The summed E-state index contributed by atoms with van der Waals surface area (Å²) in [6.45, 7) is 13.4. The van der Waals surface area contributed by atoms with E-state index in [0.717, 1.165) is 71.7 Å². The Kier molecular flexibility index (Phi) is 14.3. The number of unbranched alkanes of at least 4 members (excludes halogenated alkanes) is 4. The van der Waals surface area contributed by atoms with Crippen LogP contribution in [0.5, 0.6) is 0 Å². The average Bonchev–Trinajstić information content (AvgIpc) is 3.18. The molecule has 272 valence electrons. The minimum atomic E-state index is 0.751. The molecule has 0 spiro atoms. The molecular weight excluding hydrogens is 637 g/mol. The van der Waals surface area contributed by atoms with Gasteiger partial charge in [0.1, 0.15) is 13.1 Å². The minimum absolute atomic E-state index is 0.751. The molecule has 0 saturated heterocycles. The van der Waals surface area contributed by atoms with E-state index in [4.69, 9.17) is 11.5 Å². The molecule has 0 radical (unpaired) electrons. The third-order valence-corrected chi connectivity index (χ3v) is 9.74.